The highest BCUT2D eigenvalue weighted by Crippen LogP contribution is 2.13. The molecule has 2 rings (SSSR count). The molecule has 0 aliphatic carbocycles. The van der Waals surface area contributed by atoms with Crippen LogP contribution in [0.1, 0.15) is 12.0 Å². The highest BCUT2D eigenvalue weighted by molar-refractivity contribution is 5.42. The lowest BCUT2D eigenvalue weighted by Gasteiger charge is -2.02. The SMILES string of the molecule is OCCCc1ccn2cnnc2c1F. The van der Waals surface area contributed by atoms with Crippen molar-refractivity contribution < 1.29 is 9.50 Å². The standard InChI is InChI=1S/C9H10FN3O/c10-8-7(2-1-5-14)3-4-13-6-11-12-9(8)13/h3-4,6,14H,1-2,5H2. The van der Waals surface area contributed by atoms with E-state index in [-0.39, 0.29) is 18.1 Å². The van der Waals surface area contributed by atoms with Crippen molar-refractivity contribution in [1.82, 2.24) is 14.6 Å². The molecular weight excluding hydrogens is 185 g/mol. The Bertz CT molecular complexity index is 441. The van der Waals surface area contributed by atoms with E-state index in [4.69, 9.17) is 5.11 Å². The monoisotopic (exact) mass is 195 g/mol. The van der Waals surface area contributed by atoms with Gasteiger partial charge in [-0.2, -0.15) is 0 Å². The van der Waals surface area contributed by atoms with E-state index < -0.39 is 0 Å². The van der Waals surface area contributed by atoms with Crippen LogP contribution in [0.3, 0.4) is 0 Å². The van der Waals surface area contributed by atoms with Crippen molar-refractivity contribution in [3.05, 3.63) is 30.0 Å². The Kier molecular flexibility index (Phi) is 2.41. The van der Waals surface area contributed by atoms with Crippen molar-refractivity contribution in [2.24, 2.45) is 0 Å². The quantitative estimate of drug-likeness (QED) is 0.787. The highest BCUT2D eigenvalue weighted by Gasteiger charge is 2.08. The molecule has 0 unspecified atom stereocenters. The normalized spacial score (nSPS) is 11.0. The molecule has 5 heteroatoms. The minimum Gasteiger partial charge on any atom is -0.396 e. The maximum absolute atomic E-state index is 13.6. The number of aromatic nitrogens is 3. The number of pyridine rings is 1. The Morgan fingerprint density at radius 3 is 3.14 bits per heavy atom. The predicted molar refractivity (Wildman–Crippen MR) is 48.4 cm³/mol. The fourth-order valence-corrected chi connectivity index (χ4v) is 1.36. The van der Waals surface area contributed by atoms with E-state index >= 15 is 0 Å². The van der Waals surface area contributed by atoms with E-state index in [2.05, 4.69) is 10.2 Å². The van der Waals surface area contributed by atoms with Gasteiger partial charge in [-0.1, -0.05) is 0 Å². The van der Waals surface area contributed by atoms with Gasteiger partial charge in [0.15, 0.2) is 11.5 Å². The number of aliphatic hydroxyl groups is 1. The van der Waals surface area contributed by atoms with Gasteiger partial charge in [-0.25, -0.2) is 4.39 Å². The van der Waals surface area contributed by atoms with Crippen LogP contribution in [0, 0.1) is 5.82 Å². The number of hydrogen-bond donors (Lipinski definition) is 1. The van der Waals surface area contributed by atoms with Crippen LogP contribution in [0.2, 0.25) is 0 Å². The van der Waals surface area contributed by atoms with Crippen molar-refractivity contribution >= 4 is 5.65 Å². The largest absolute Gasteiger partial charge is 0.396 e. The summed E-state index contributed by atoms with van der Waals surface area (Å²) < 4.78 is 15.1. The molecule has 0 fully saturated rings. The molecule has 2 aromatic rings. The third kappa shape index (κ3) is 1.46. The van der Waals surface area contributed by atoms with Crippen LogP contribution in [0.15, 0.2) is 18.6 Å². The van der Waals surface area contributed by atoms with Crippen molar-refractivity contribution in [2.75, 3.05) is 6.61 Å². The Labute approximate surface area is 80.0 Å². The summed E-state index contributed by atoms with van der Waals surface area (Å²) in [4.78, 5) is 0. The molecule has 0 saturated heterocycles. The summed E-state index contributed by atoms with van der Waals surface area (Å²) in [6, 6.07) is 1.68. The Morgan fingerprint density at radius 2 is 2.36 bits per heavy atom. The molecule has 0 aromatic carbocycles. The predicted octanol–water partition coefficient (Wildman–Crippen LogP) is 0.793. The molecule has 0 atom stereocenters. The van der Waals surface area contributed by atoms with Crippen LogP contribution in [-0.2, 0) is 6.42 Å². The molecule has 14 heavy (non-hydrogen) atoms. The van der Waals surface area contributed by atoms with Gasteiger partial charge < -0.3 is 5.11 Å². The summed E-state index contributed by atoms with van der Waals surface area (Å²) in [7, 11) is 0. The second kappa shape index (κ2) is 3.71. The molecule has 0 saturated carbocycles. The zero-order chi connectivity index (χ0) is 9.97. The van der Waals surface area contributed by atoms with E-state index in [0.29, 0.717) is 18.4 Å². The first-order valence-corrected chi connectivity index (χ1v) is 4.40. The number of fused-ring (bicyclic) bond motifs is 1. The topological polar surface area (TPSA) is 50.4 Å². The molecule has 74 valence electrons. The first-order chi connectivity index (χ1) is 6.83. The lowest BCUT2D eigenvalue weighted by atomic mass is 10.1. The molecule has 0 bridgehead atoms. The summed E-state index contributed by atoms with van der Waals surface area (Å²) in [6.45, 7) is 0.0668. The molecule has 0 spiro atoms. The van der Waals surface area contributed by atoms with Crippen LogP contribution in [-0.4, -0.2) is 26.3 Å². The van der Waals surface area contributed by atoms with Gasteiger partial charge in [0.1, 0.15) is 6.33 Å². The fraction of sp³-hybridized carbons (Fsp3) is 0.333. The molecule has 2 aromatic heterocycles. The van der Waals surface area contributed by atoms with Crippen LogP contribution in [0.4, 0.5) is 4.39 Å². The molecule has 4 nitrogen and oxygen atoms in total. The Morgan fingerprint density at radius 1 is 1.50 bits per heavy atom. The average Bonchev–Trinajstić information content (AvgIpc) is 2.66. The molecule has 0 aliphatic heterocycles. The van der Waals surface area contributed by atoms with Gasteiger partial charge in [-0.15, -0.1) is 10.2 Å². The minimum absolute atomic E-state index is 0.0668. The van der Waals surface area contributed by atoms with Gasteiger partial charge in [-0.3, -0.25) is 4.40 Å². The van der Waals surface area contributed by atoms with Crippen molar-refractivity contribution in [1.29, 1.82) is 0 Å². The maximum atomic E-state index is 13.6. The first kappa shape index (κ1) is 9.08. The zero-order valence-corrected chi connectivity index (χ0v) is 7.52. The van der Waals surface area contributed by atoms with Gasteiger partial charge in [0.2, 0.25) is 0 Å². The fourth-order valence-electron chi connectivity index (χ4n) is 1.36. The number of rotatable bonds is 3. The zero-order valence-electron chi connectivity index (χ0n) is 7.52. The molecule has 0 radical (unpaired) electrons. The van der Waals surface area contributed by atoms with Crippen molar-refractivity contribution in [3.63, 3.8) is 0 Å². The minimum atomic E-state index is -0.349. The first-order valence-electron chi connectivity index (χ1n) is 4.40. The van der Waals surface area contributed by atoms with Crippen LogP contribution < -0.4 is 0 Å². The molecule has 0 amide bonds. The summed E-state index contributed by atoms with van der Waals surface area (Å²) >= 11 is 0. The van der Waals surface area contributed by atoms with Gasteiger partial charge in [0.05, 0.1) is 0 Å². The lowest BCUT2D eigenvalue weighted by molar-refractivity contribution is 0.288. The molecule has 0 aliphatic rings. The second-order valence-electron chi connectivity index (χ2n) is 3.04. The number of aryl methyl sites for hydroxylation is 1. The van der Waals surface area contributed by atoms with Gasteiger partial charge >= 0.3 is 0 Å². The number of hydrogen-bond acceptors (Lipinski definition) is 3. The number of nitrogens with zero attached hydrogens (tertiary/aromatic N) is 3. The third-order valence-electron chi connectivity index (χ3n) is 2.09. The van der Waals surface area contributed by atoms with Crippen molar-refractivity contribution in [2.45, 2.75) is 12.8 Å². The lowest BCUT2D eigenvalue weighted by Crippen LogP contribution is -1.97. The number of halogens is 1. The summed E-state index contributed by atoms with van der Waals surface area (Å²) in [5.41, 5.74) is 0.806. The molecular formula is C9H10FN3O. The van der Waals surface area contributed by atoms with Crippen LogP contribution in [0.25, 0.3) is 5.65 Å². The maximum Gasteiger partial charge on any atom is 0.196 e. The van der Waals surface area contributed by atoms with E-state index in [1.165, 1.54) is 10.7 Å². The van der Waals surface area contributed by atoms with Crippen LogP contribution in [0.5, 0.6) is 0 Å². The van der Waals surface area contributed by atoms with Gasteiger partial charge in [0.25, 0.3) is 0 Å². The van der Waals surface area contributed by atoms with E-state index in [1.54, 1.807) is 12.3 Å². The summed E-state index contributed by atoms with van der Waals surface area (Å²) in [5.74, 6) is -0.349. The summed E-state index contributed by atoms with van der Waals surface area (Å²) in [5, 5.41) is 15.9. The van der Waals surface area contributed by atoms with E-state index in [0.717, 1.165) is 0 Å². The van der Waals surface area contributed by atoms with Gasteiger partial charge in [0, 0.05) is 12.8 Å². The third-order valence-corrected chi connectivity index (χ3v) is 2.09. The summed E-state index contributed by atoms with van der Waals surface area (Å²) in [6.07, 6.45) is 4.24. The molecule has 2 heterocycles. The van der Waals surface area contributed by atoms with E-state index in [1.807, 2.05) is 0 Å². The Hall–Kier alpha value is -1.49. The Balaban J connectivity index is 2.40. The van der Waals surface area contributed by atoms with Crippen LogP contribution >= 0.6 is 0 Å². The smallest absolute Gasteiger partial charge is 0.196 e. The highest BCUT2D eigenvalue weighted by atomic mass is 19.1. The molecule has 1 N–H and O–H groups in total. The average molecular weight is 195 g/mol. The number of aliphatic hydroxyl groups excluding tert-OH is 1. The van der Waals surface area contributed by atoms with Crippen molar-refractivity contribution in [3.8, 4) is 0 Å². The van der Waals surface area contributed by atoms with E-state index in [9.17, 15) is 4.39 Å². The van der Waals surface area contributed by atoms with Gasteiger partial charge in [-0.05, 0) is 24.5 Å². The second-order valence-corrected chi connectivity index (χ2v) is 3.04.